The van der Waals surface area contributed by atoms with Crippen LogP contribution in [0.15, 0.2) is 29.2 Å². The van der Waals surface area contributed by atoms with Gasteiger partial charge in [0, 0.05) is 18.7 Å². The number of nitrogens with one attached hydrogen (secondary N) is 2. The maximum Gasteiger partial charge on any atom is 0.404 e. The lowest BCUT2D eigenvalue weighted by Gasteiger charge is -2.16. The molecule has 0 bridgehead atoms. The molecule has 11 heteroatoms. The molecular weight excluding hydrogens is 321 g/mol. The minimum absolute atomic E-state index is 0.230. The number of alkyl halides is 1. The van der Waals surface area contributed by atoms with Crippen LogP contribution in [0, 0.1) is 10.1 Å². The highest BCUT2D eigenvalue weighted by atomic mass is 32.2. The fraction of sp³-hybridized carbons (Fsp3) is 0.364. The molecule has 1 rings (SSSR count). The van der Waals surface area contributed by atoms with Crippen molar-refractivity contribution in [3.8, 4) is 0 Å². The van der Waals surface area contributed by atoms with Crippen molar-refractivity contribution in [2.24, 2.45) is 0 Å². The van der Waals surface area contributed by atoms with E-state index in [1.807, 2.05) is 10.0 Å². The number of para-hydroxylation sites is 1. The Labute approximate surface area is 125 Å². The van der Waals surface area contributed by atoms with Crippen LogP contribution in [0.1, 0.15) is 6.42 Å². The average molecular weight is 335 g/mol. The zero-order valence-corrected chi connectivity index (χ0v) is 12.0. The van der Waals surface area contributed by atoms with Crippen LogP contribution in [0.3, 0.4) is 0 Å². The van der Waals surface area contributed by atoms with E-state index >= 15 is 0 Å². The van der Waals surface area contributed by atoms with E-state index in [9.17, 15) is 27.7 Å². The Morgan fingerprint density at radius 2 is 2.05 bits per heavy atom. The van der Waals surface area contributed by atoms with Crippen LogP contribution in [0.2, 0.25) is 0 Å². The zero-order chi connectivity index (χ0) is 16.8. The standard InChI is InChI=1S/C11H14FN3O6S/c12-6-5-8(14-11(16)17)7-13-22(20,21)10-4-2-1-3-9(10)15(18)19/h1-4,8,13-14H,5-7H2,(H,16,17)/t8-/m0/s1. The van der Waals surface area contributed by atoms with Gasteiger partial charge in [0.05, 0.1) is 11.6 Å². The van der Waals surface area contributed by atoms with Gasteiger partial charge in [0.25, 0.3) is 5.69 Å². The highest BCUT2D eigenvalue weighted by Gasteiger charge is 2.26. The van der Waals surface area contributed by atoms with Gasteiger partial charge in [-0.3, -0.25) is 14.5 Å². The number of nitrogens with zero attached hydrogens (tertiary/aromatic N) is 1. The summed E-state index contributed by atoms with van der Waals surface area (Å²) in [4.78, 5) is 20.0. The molecule has 0 aromatic heterocycles. The molecule has 1 atom stereocenters. The van der Waals surface area contributed by atoms with E-state index in [2.05, 4.69) is 0 Å². The number of benzene rings is 1. The fourth-order valence-corrected chi connectivity index (χ4v) is 2.91. The predicted molar refractivity (Wildman–Crippen MR) is 73.8 cm³/mol. The first-order valence-electron chi connectivity index (χ1n) is 6.06. The quantitative estimate of drug-likeness (QED) is 0.476. The van der Waals surface area contributed by atoms with E-state index in [1.54, 1.807) is 0 Å². The summed E-state index contributed by atoms with van der Waals surface area (Å²) in [5.74, 6) is 0. The molecule has 3 N–H and O–H groups in total. The smallest absolute Gasteiger partial charge is 0.404 e. The van der Waals surface area contributed by atoms with Gasteiger partial charge >= 0.3 is 6.09 Å². The Morgan fingerprint density at radius 3 is 2.59 bits per heavy atom. The fourth-order valence-electron chi connectivity index (χ4n) is 1.65. The molecule has 22 heavy (non-hydrogen) atoms. The van der Waals surface area contributed by atoms with Crippen molar-refractivity contribution in [2.75, 3.05) is 13.2 Å². The Bertz CT molecular complexity index is 651. The molecular formula is C11H14FN3O6S. The average Bonchev–Trinajstić information content (AvgIpc) is 2.44. The molecule has 0 radical (unpaired) electrons. The third-order valence-corrected chi connectivity index (χ3v) is 4.13. The highest BCUT2D eigenvalue weighted by Crippen LogP contribution is 2.22. The molecule has 0 spiro atoms. The minimum Gasteiger partial charge on any atom is -0.465 e. The molecule has 0 heterocycles. The maximum atomic E-state index is 12.3. The summed E-state index contributed by atoms with van der Waals surface area (Å²) in [7, 11) is -4.23. The van der Waals surface area contributed by atoms with Crippen molar-refractivity contribution in [3.63, 3.8) is 0 Å². The van der Waals surface area contributed by atoms with Crippen molar-refractivity contribution < 1.29 is 27.6 Å². The Kier molecular flexibility index (Phi) is 6.19. The van der Waals surface area contributed by atoms with E-state index in [0.29, 0.717) is 0 Å². The lowest BCUT2D eigenvalue weighted by Crippen LogP contribution is -2.43. The highest BCUT2D eigenvalue weighted by molar-refractivity contribution is 7.89. The third kappa shape index (κ3) is 4.93. The molecule has 0 fully saturated rings. The van der Waals surface area contributed by atoms with E-state index < -0.39 is 50.9 Å². The minimum atomic E-state index is -4.23. The summed E-state index contributed by atoms with van der Waals surface area (Å²) in [5.41, 5.74) is -0.608. The van der Waals surface area contributed by atoms with Crippen LogP contribution in [-0.4, -0.2) is 43.8 Å². The second kappa shape index (κ2) is 7.66. The Morgan fingerprint density at radius 1 is 1.41 bits per heavy atom. The van der Waals surface area contributed by atoms with E-state index in [-0.39, 0.29) is 6.42 Å². The number of carboxylic acid groups (broad SMARTS) is 1. The number of hydrogen-bond acceptors (Lipinski definition) is 5. The van der Waals surface area contributed by atoms with Crippen molar-refractivity contribution in [1.82, 2.24) is 10.0 Å². The van der Waals surface area contributed by atoms with E-state index in [0.717, 1.165) is 12.1 Å². The second-order valence-electron chi connectivity index (χ2n) is 4.20. The van der Waals surface area contributed by atoms with Gasteiger partial charge < -0.3 is 10.4 Å². The van der Waals surface area contributed by atoms with Crippen LogP contribution >= 0.6 is 0 Å². The Balaban J connectivity index is 2.91. The number of carbonyl (C=O) groups is 1. The SMILES string of the molecule is O=C(O)N[C@@H](CCF)CNS(=O)(=O)c1ccccc1[N+](=O)[O-]. The van der Waals surface area contributed by atoms with Crippen LogP contribution in [-0.2, 0) is 10.0 Å². The van der Waals surface area contributed by atoms with Crippen LogP contribution in [0.5, 0.6) is 0 Å². The first kappa shape index (κ1) is 17.8. The number of hydrogen-bond donors (Lipinski definition) is 3. The molecule has 0 unspecified atom stereocenters. The number of nitro benzene ring substituents is 1. The molecule has 9 nitrogen and oxygen atoms in total. The Hall–Kier alpha value is -2.27. The number of rotatable bonds is 8. The number of amides is 1. The van der Waals surface area contributed by atoms with E-state index in [4.69, 9.17) is 5.11 Å². The summed E-state index contributed by atoms with van der Waals surface area (Å²) in [5, 5.41) is 21.4. The van der Waals surface area contributed by atoms with Gasteiger partial charge in [0.1, 0.15) is 0 Å². The number of nitro groups is 1. The largest absolute Gasteiger partial charge is 0.465 e. The van der Waals surface area contributed by atoms with Crippen molar-refractivity contribution >= 4 is 21.8 Å². The second-order valence-corrected chi connectivity index (χ2v) is 5.94. The lowest BCUT2D eigenvalue weighted by atomic mass is 10.2. The van der Waals surface area contributed by atoms with Crippen molar-refractivity contribution in [2.45, 2.75) is 17.4 Å². The predicted octanol–water partition coefficient (Wildman–Crippen LogP) is 0.869. The normalized spacial score (nSPS) is 12.6. The van der Waals surface area contributed by atoms with Crippen LogP contribution in [0.4, 0.5) is 14.9 Å². The van der Waals surface area contributed by atoms with Gasteiger partial charge in [0.15, 0.2) is 4.90 Å². The van der Waals surface area contributed by atoms with Crippen LogP contribution < -0.4 is 10.0 Å². The molecule has 1 aromatic carbocycles. The summed E-state index contributed by atoms with van der Waals surface area (Å²) in [6.45, 7) is -1.28. The third-order valence-electron chi connectivity index (χ3n) is 2.66. The topological polar surface area (TPSA) is 139 Å². The van der Waals surface area contributed by atoms with Gasteiger partial charge in [-0.2, -0.15) is 0 Å². The molecule has 1 amide bonds. The number of halogens is 1. The van der Waals surface area contributed by atoms with Gasteiger partial charge in [-0.15, -0.1) is 0 Å². The monoisotopic (exact) mass is 335 g/mol. The summed E-state index contributed by atoms with van der Waals surface area (Å²) in [6, 6.07) is 3.73. The van der Waals surface area contributed by atoms with Crippen molar-refractivity contribution in [3.05, 3.63) is 34.4 Å². The number of sulfonamides is 1. The van der Waals surface area contributed by atoms with Gasteiger partial charge in [-0.25, -0.2) is 17.9 Å². The molecule has 0 saturated carbocycles. The summed E-state index contributed by atoms with van der Waals surface area (Å²) >= 11 is 0. The first-order chi connectivity index (χ1) is 10.3. The summed E-state index contributed by atoms with van der Waals surface area (Å²) < 4.78 is 38.5. The van der Waals surface area contributed by atoms with Gasteiger partial charge in [-0.1, -0.05) is 12.1 Å². The molecule has 0 aliphatic rings. The first-order valence-corrected chi connectivity index (χ1v) is 7.54. The molecule has 0 aliphatic carbocycles. The molecule has 0 aliphatic heterocycles. The molecule has 1 aromatic rings. The molecule has 0 saturated heterocycles. The van der Waals surface area contributed by atoms with Crippen LogP contribution in [0.25, 0.3) is 0 Å². The lowest BCUT2D eigenvalue weighted by molar-refractivity contribution is -0.387. The summed E-state index contributed by atoms with van der Waals surface area (Å²) in [6.07, 6.45) is -1.66. The van der Waals surface area contributed by atoms with Gasteiger partial charge in [0.2, 0.25) is 10.0 Å². The van der Waals surface area contributed by atoms with E-state index in [1.165, 1.54) is 12.1 Å². The van der Waals surface area contributed by atoms with Crippen molar-refractivity contribution in [1.29, 1.82) is 0 Å². The molecule has 122 valence electrons. The van der Waals surface area contributed by atoms with Gasteiger partial charge in [-0.05, 0) is 12.5 Å². The zero-order valence-electron chi connectivity index (χ0n) is 11.2. The maximum absolute atomic E-state index is 12.3.